The van der Waals surface area contributed by atoms with Crippen LogP contribution < -0.4 is 0 Å². The number of nitrogens with zero attached hydrogens (tertiary/aromatic N) is 27. The number of imidazole rings is 3. The van der Waals surface area contributed by atoms with Crippen LogP contribution in [0.4, 0.5) is 0 Å². The molecule has 0 aliphatic rings. The Bertz CT molecular complexity index is 4800. The summed E-state index contributed by atoms with van der Waals surface area (Å²) in [4.78, 5) is 40.4. The number of aromatic nitrogens is 27. The van der Waals surface area contributed by atoms with E-state index in [-0.39, 0.29) is 24.7 Å². The van der Waals surface area contributed by atoms with E-state index in [4.69, 9.17) is 19.7 Å². The van der Waals surface area contributed by atoms with E-state index >= 15 is 0 Å². The Morgan fingerprint density at radius 3 is 1.28 bits per heavy atom. The maximum Gasteiger partial charge on any atom is 0.221 e. The fraction of sp³-hybridized carbons (Fsp3) is 0.222. The number of methoxy groups -OCH3 is 1. The molecule has 15 rings (SSSR count). The van der Waals surface area contributed by atoms with Gasteiger partial charge in [-0.1, -0.05) is 33.8 Å². The molecule has 3 atom stereocenters. The van der Waals surface area contributed by atoms with Crippen LogP contribution in [0.15, 0.2) is 136 Å². The number of pyridine rings is 3. The quantitative estimate of drug-likeness (QED) is 0.163. The number of fused-ring (bicyclic) bond motifs is 6. The molecule has 29 heteroatoms. The fourth-order valence-electron chi connectivity index (χ4n) is 9.62. The van der Waals surface area contributed by atoms with Gasteiger partial charge in [0.2, 0.25) is 16.9 Å². The molecular formula is C54H51N27O2. The Balaban J connectivity index is 0.000000117. The van der Waals surface area contributed by atoms with Gasteiger partial charge in [0.15, 0.2) is 16.9 Å². The van der Waals surface area contributed by atoms with Crippen molar-refractivity contribution in [1.82, 2.24) is 132 Å². The summed E-state index contributed by atoms with van der Waals surface area (Å²) in [5, 5.41) is 47.4. The van der Waals surface area contributed by atoms with Gasteiger partial charge < -0.3 is 23.0 Å². The van der Waals surface area contributed by atoms with E-state index in [0.717, 1.165) is 73.1 Å². The lowest BCUT2D eigenvalue weighted by Crippen LogP contribution is -2.11. The van der Waals surface area contributed by atoms with E-state index in [2.05, 4.69) is 90.0 Å². The number of hydrogen-bond donors (Lipinski definition) is 1. The van der Waals surface area contributed by atoms with Crippen LogP contribution in [0.2, 0.25) is 0 Å². The Morgan fingerprint density at radius 1 is 0.458 bits per heavy atom. The van der Waals surface area contributed by atoms with Crippen molar-refractivity contribution in [3.8, 4) is 33.8 Å². The van der Waals surface area contributed by atoms with E-state index in [0.29, 0.717) is 46.2 Å². The first kappa shape index (κ1) is 51.5. The van der Waals surface area contributed by atoms with Crippen LogP contribution in [-0.4, -0.2) is 145 Å². The predicted octanol–water partition coefficient (Wildman–Crippen LogP) is 5.28. The molecule has 3 unspecified atom stereocenters. The van der Waals surface area contributed by atoms with Gasteiger partial charge in [-0.2, -0.15) is 15.3 Å². The van der Waals surface area contributed by atoms with Gasteiger partial charge in [-0.3, -0.25) is 14.0 Å². The minimum Gasteiger partial charge on any atom is -0.390 e. The van der Waals surface area contributed by atoms with Crippen molar-refractivity contribution in [2.75, 3.05) is 7.11 Å². The third-order valence-electron chi connectivity index (χ3n) is 14.2. The lowest BCUT2D eigenvalue weighted by molar-refractivity contribution is 0.181. The summed E-state index contributed by atoms with van der Waals surface area (Å²) in [5.74, 6) is 0. The van der Waals surface area contributed by atoms with E-state index < -0.39 is 0 Å². The second-order valence-corrected chi connectivity index (χ2v) is 19.7. The molecule has 0 saturated heterocycles. The molecule has 414 valence electrons. The normalized spacial score (nSPS) is 12.8. The van der Waals surface area contributed by atoms with E-state index in [1.807, 2.05) is 127 Å². The van der Waals surface area contributed by atoms with Crippen LogP contribution in [0.3, 0.4) is 0 Å². The van der Waals surface area contributed by atoms with Crippen molar-refractivity contribution in [2.24, 2.45) is 21.1 Å². The average Bonchev–Trinajstić information content (AvgIpc) is 4.57. The van der Waals surface area contributed by atoms with Crippen LogP contribution in [0.5, 0.6) is 0 Å². The van der Waals surface area contributed by atoms with Crippen molar-refractivity contribution in [3.63, 3.8) is 0 Å². The number of aliphatic hydroxyl groups is 1. The third kappa shape index (κ3) is 9.79. The van der Waals surface area contributed by atoms with Crippen molar-refractivity contribution in [1.29, 1.82) is 0 Å². The average molecular weight is 1110 g/mol. The highest BCUT2D eigenvalue weighted by Crippen LogP contribution is 2.27. The highest BCUT2D eigenvalue weighted by atomic mass is 16.5. The summed E-state index contributed by atoms with van der Waals surface area (Å²) in [6, 6.07) is 11.7. The molecule has 0 aliphatic carbocycles. The van der Waals surface area contributed by atoms with Gasteiger partial charge in [0, 0.05) is 94.5 Å². The minimum absolute atomic E-state index is 0.0507. The summed E-state index contributed by atoms with van der Waals surface area (Å²) < 4.78 is 21.7. The number of hydrogen-bond acceptors (Lipinski definition) is 20. The lowest BCUT2D eigenvalue weighted by Gasteiger charge is -2.13. The molecule has 0 saturated carbocycles. The molecule has 0 bridgehead atoms. The van der Waals surface area contributed by atoms with Gasteiger partial charge in [0.25, 0.3) is 0 Å². The van der Waals surface area contributed by atoms with Crippen molar-refractivity contribution < 1.29 is 9.84 Å². The zero-order valence-electron chi connectivity index (χ0n) is 45.8. The van der Waals surface area contributed by atoms with Crippen LogP contribution in [0.1, 0.15) is 67.0 Å². The highest BCUT2D eigenvalue weighted by molar-refractivity contribution is 5.72. The number of aryl methyl sites for hydroxylation is 3. The first-order chi connectivity index (χ1) is 40.5. The fourth-order valence-corrected chi connectivity index (χ4v) is 9.62. The molecule has 15 aromatic rings. The summed E-state index contributed by atoms with van der Waals surface area (Å²) in [7, 11) is 7.27. The van der Waals surface area contributed by atoms with Gasteiger partial charge in [-0.05, 0) is 55.7 Å². The van der Waals surface area contributed by atoms with Gasteiger partial charge in [-0.15, -0.1) is 15.3 Å². The Labute approximate surface area is 469 Å². The molecule has 0 amide bonds. The summed E-state index contributed by atoms with van der Waals surface area (Å²) >= 11 is 0. The molecule has 0 fully saturated rings. The van der Waals surface area contributed by atoms with Gasteiger partial charge >= 0.3 is 0 Å². The largest absolute Gasteiger partial charge is 0.390 e. The SMILES string of the molecule is CC(c1ccc2ncc(CO)n2c1)n1nnc2ncc(-c3cnn(C)c3)nc21.CC(c1ccc2nccn2c1)n1nnc2ncc(-c3cnn(C)c3)nc21.COCc1cnc2ccc(C(C)n3nnc4ncc(-c5cnn(C)c5)nc43)cn12. The van der Waals surface area contributed by atoms with Gasteiger partial charge in [0.1, 0.15) is 16.9 Å². The summed E-state index contributed by atoms with van der Waals surface area (Å²) in [5.41, 5.74) is 15.6. The highest BCUT2D eigenvalue weighted by Gasteiger charge is 2.21. The monoisotopic (exact) mass is 1110 g/mol. The molecular weight excluding hydrogens is 1060 g/mol. The van der Waals surface area contributed by atoms with Crippen molar-refractivity contribution in [3.05, 3.63) is 164 Å². The number of aliphatic hydroxyl groups excluding tert-OH is 1. The summed E-state index contributed by atoms with van der Waals surface area (Å²) in [6.07, 6.45) is 29.3. The van der Waals surface area contributed by atoms with E-state index in [1.54, 1.807) is 84.8 Å². The second-order valence-electron chi connectivity index (χ2n) is 19.7. The molecule has 1 N–H and O–H groups in total. The molecule has 83 heavy (non-hydrogen) atoms. The van der Waals surface area contributed by atoms with Crippen LogP contribution in [-0.2, 0) is 39.1 Å². The number of rotatable bonds is 12. The first-order valence-corrected chi connectivity index (χ1v) is 26.1. The Morgan fingerprint density at radius 2 is 0.867 bits per heavy atom. The topological polar surface area (TPSA) is 304 Å². The molecule has 15 aromatic heterocycles. The lowest BCUT2D eigenvalue weighted by atomic mass is 10.1. The van der Waals surface area contributed by atoms with Gasteiger partial charge in [0.05, 0.1) is 109 Å². The molecule has 0 aliphatic heterocycles. The maximum absolute atomic E-state index is 9.51. The zero-order valence-corrected chi connectivity index (χ0v) is 45.8. The van der Waals surface area contributed by atoms with Crippen LogP contribution in [0.25, 0.3) is 84.6 Å². The van der Waals surface area contributed by atoms with Crippen LogP contribution >= 0.6 is 0 Å². The van der Waals surface area contributed by atoms with Gasteiger partial charge in [-0.25, -0.2) is 58.9 Å². The maximum atomic E-state index is 9.51. The predicted molar refractivity (Wildman–Crippen MR) is 300 cm³/mol. The standard InChI is InChI=1S/C19H19N9O.C18H17N9O.C17H15N9/c1-12(13-4-5-17-20-7-15(11-29-3)27(17)10-13)28-19-18(24-25-28)21-8-16(23-19)14-6-22-26(2)9-14;1-11(12-3-4-16-19-6-14(10-28)26(16)9-12)27-18-17(23-24-27)20-7-15(22-18)13-5-21-25(2)8-13;1-11(12-3-4-15-18-5-6-25(15)10-12)26-17-16(22-23-26)19-8-14(21-17)13-7-20-24(2)9-13/h4-10,12H,11H2,1-3H3;3-9,11,28H,10H2,1-2H3;3-11H,1-2H3. The second kappa shape index (κ2) is 21.3. The van der Waals surface area contributed by atoms with Crippen molar-refractivity contribution >= 4 is 50.8 Å². The molecule has 0 aromatic carbocycles. The van der Waals surface area contributed by atoms with E-state index in [9.17, 15) is 5.11 Å². The smallest absolute Gasteiger partial charge is 0.221 e. The minimum atomic E-state index is -0.137. The zero-order chi connectivity index (χ0) is 56.9. The molecule has 15 heterocycles. The Kier molecular flexibility index (Phi) is 13.2. The van der Waals surface area contributed by atoms with E-state index in [1.165, 1.54) is 0 Å². The molecule has 0 radical (unpaired) electrons. The van der Waals surface area contributed by atoms with Crippen LogP contribution in [0, 0.1) is 0 Å². The summed E-state index contributed by atoms with van der Waals surface area (Å²) in [6.45, 7) is 6.55. The first-order valence-electron chi connectivity index (χ1n) is 26.1. The molecule has 29 nitrogen and oxygen atoms in total. The molecule has 0 spiro atoms. The number of ether oxygens (including phenoxy) is 1. The Hall–Kier alpha value is -10.9. The van der Waals surface area contributed by atoms with Crippen molar-refractivity contribution in [2.45, 2.75) is 52.1 Å². The third-order valence-corrected chi connectivity index (χ3v) is 14.2.